The first-order valence-electron chi connectivity index (χ1n) is 8.77. The molecule has 0 radical (unpaired) electrons. The topological polar surface area (TPSA) is 87.0 Å². The Hall–Kier alpha value is -1.63. The van der Waals surface area contributed by atoms with Crippen molar-refractivity contribution in [3.63, 3.8) is 0 Å². The lowest BCUT2D eigenvalue weighted by Gasteiger charge is -2.38. The first-order valence-corrected chi connectivity index (χ1v) is 8.77. The summed E-state index contributed by atoms with van der Waals surface area (Å²) in [4.78, 5) is 41.7. The van der Waals surface area contributed by atoms with E-state index in [0.717, 1.165) is 13.1 Å². The maximum atomic E-state index is 12.4. The molecule has 0 aromatic carbocycles. The van der Waals surface area contributed by atoms with E-state index in [1.807, 2.05) is 30.6 Å². The zero-order chi connectivity index (χ0) is 17.9. The molecule has 2 heterocycles. The Labute approximate surface area is 144 Å². The SMILES string of the molecule is CC(C)(C)C(=O)N1CCN(CC(=O)N2CCC(C(N)=O)CC2)CC1. The summed E-state index contributed by atoms with van der Waals surface area (Å²) in [5.74, 6) is -0.0849. The molecule has 2 N–H and O–H groups in total. The number of carbonyl (C=O) groups is 3. The summed E-state index contributed by atoms with van der Waals surface area (Å²) >= 11 is 0. The van der Waals surface area contributed by atoms with Crippen LogP contribution in [-0.2, 0) is 14.4 Å². The smallest absolute Gasteiger partial charge is 0.236 e. The summed E-state index contributed by atoms with van der Waals surface area (Å²) in [5, 5.41) is 0. The fraction of sp³-hybridized carbons (Fsp3) is 0.824. The lowest BCUT2D eigenvalue weighted by atomic mass is 9.94. The number of hydrogen-bond acceptors (Lipinski definition) is 4. The molecule has 7 nitrogen and oxygen atoms in total. The molecule has 0 aliphatic carbocycles. The van der Waals surface area contributed by atoms with Crippen LogP contribution in [0.4, 0.5) is 0 Å². The Morgan fingerprint density at radius 3 is 1.92 bits per heavy atom. The van der Waals surface area contributed by atoms with Crippen LogP contribution in [0.2, 0.25) is 0 Å². The summed E-state index contributed by atoms with van der Waals surface area (Å²) in [5.41, 5.74) is 4.96. The molecule has 136 valence electrons. The number of amides is 3. The molecule has 2 aliphatic rings. The van der Waals surface area contributed by atoms with Gasteiger partial charge < -0.3 is 15.5 Å². The molecule has 24 heavy (non-hydrogen) atoms. The van der Waals surface area contributed by atoms with Crippen LogP contribution < -0.4 is 5.73 Å². The Kier molecular flexibility index (Phi) is 5.85. The molecule has 0 bridgehead atoms. The van der Waals surface area contributed by atoms with Crippen LogP contribution in [0.3, 0.4) is 0 Å². The summed E-state index contributed by atoms with van der Waals surface area (Å²) in [6.45, 7) is 10.2. The van der Waals surface area contributed by atoms with Crippen molar-refractivity contribution in [1.82, 2.24) is 14.7 Å². The van der Waals surface area contributed by atoms with Gasteiger partial charge in [0.05, 0.1) is 6.54 Å². The Balaban J connectivity index is 1.75. The predicted molar refractivity (Wildman–Crippen MR) is 91.0 cm³/mol. The summed E-state index contributed by atoms with van der Waals surface area (Å²) in [6, 6.07) is 0. The predicted octanol–water partition coefficient (Wildman–Crippen LogP) is -0.0994. The van der Waals surface area contributed by atoms with E-state index in [1.54, 1.807) is 0 Å². The average Bonchev–Trinajstić information content (AvgIpc) is 2.54. The van der Waals surface area contributed by atoms with Crippen molar-refractivity contribution >= 4 is 17.7 Å². The van der Waals surface area contributed by atoms with Gasteiger partial charge in [-0.05, 0) is 12.8 Å². The number of piperidine rings is 1. The average molecular weight is 338 g/mol. The molecule has 0 unspecified atom stereocenters. The van der Waals surface area contributed by atoms with Crippen LogP contribution in [0.5, 0.6) is 0 Å². The monoisotopic (exact) mass is 338 g/mol. The quantitative estimate of drug-likeness (QED) is 0.778. The third-order valence-corrected chi connectivity index (χ3v) is 4.91. The number of carbonyl (C=O) groups excluding carboxylic acids is 3. The lowest BCUT2D eigenvalue weighted by molar-refractivity contribution is -0.142. The Morgan fingerprint density at radius 1 is 0.917 bits per heavy atom. The molecule has 0 saturated carbocycles. The van der Waals surface area contributed by atoms with Gasteiger partial charge >= 0.3 is 0 Å². The van der Waals surface area contributed by atoms with E-state index in [-0.39, 0.29) is 29.1 Å². The highest BCUT2D eigenvalue weighted by Gasteiger charge is 2.31. The third-order valence-electron chi connectivity index (χ3n) is 4.91. The number of nitrogens with zero attached hydrogens (tertiary/aromatic N) is 3. The summed E-state index contributed by atoms with van der Waals surface area (Å²) < 4.78 is 0. The normalized spacial score (nSPS) is 21.0. The number of hydrogen-bond donors (Lipinski definition) is 1. The molecule has 2 fully saturated rings. The zero-order valence-corrected chi connectivity index (χ0v) is 15.1. The fourth-order valence-corrected chi connectivity index (χ4v) is 3.29. The number of nitrogens with two attached hydrogens (primary N) is 1. The van der Waals surface area contributed by atoms with Crippen LogP contribution in [0, 0.1) is 11.3 Å². The van der Waals surface area contributed by atoms with Crippen LogP contribution in [0.15, 0.2) is 0 Å². The highest BCUT2D eigenvalue weighted by Crippen LogP contribution is 2.19. The molecule has 2 rings (SSSR count). The highest BCUT2D eigenvalue weighted by molar-refractivity contribution is 5.82. The minimum atomic E-state index is -0.358. The van der Waals surface area contributed by atoms with Crippen LogP contribution >= 0.6 is 0 Å². The van der Waals surface area contributed by atoms with Gasteiger partial charge in [0, 0.05) is 50.6 Å². The zero-order valence-electron chi connectivity index (χ0n) is 15.1. The van der Waals surface area contributed by atoms with E-state index in [2.05, 4.69) is 4.90 Å². The minimum absolute atomic E-state index is 0.0963. The Bertz CT molecular complexity index is 485. The van der Waals surface area contributed by atoms with Gasteiger partial charge in [-0.1, -0.05) is 20.8 Å². The van der Waals surface area contributed by atoms with Gasteiger partial charge in [-0.15, -0.1) is 0 Å². The molecule has 7 heteroatoms. The fourth-order valence-electron chi connectivity index (χ4n) is 3.29. The van der Waals surface area contributed by atoms with Crippen molar-refractivity contribution in [2.75, 3.05) is 45.8 Å². The molecular formula is C17H30N4O3. The van der Waals surface area contributed by atoms with Gasteiger partial charge in [-0.3, -0.25) is 19.3 Å². The number of rotatable bonds is 3. The van der Waals surface area contributed by atoms with Crippen molar-refractivity contribution in [2.24, 2.45) is 17.1 Å². The van der Waals surface area contributed by atoms with E-state index in [4.69, 9.17) is 5.73 Å². The van der Waals surface area contributed by atoms with Gasteiger partial charge in [0.15, 0.2) is 0 Å². The second-order valence-electron chi connectivity index (χ2n) is 7.88. The van der Waals surface area contributed by atoms with E-state index in [9.17, 15) is 14.4 Å². The first-order chi connectivity index (χ1) is 11.2. The number of likely N-dealkylation sites (tertiary alicyclic amines) is 1. The van der Waals surface area contributed by atoms with Crippen LogP contribution in [0.1, 0.15) is 33.6 Å². The van der Waals surface area contributed by atoms with E-state index >= 15 is 0 Å². The summed E-state index contributed by atoms with van der Waals surface area (Å²) in [6.07, 6.45) is 1.32. The summed E-state index contributed by atoms with van der Waals surface area (Å²) in [7, 11) is 0. The highest BCUT2D eigenvalue weighted by atomic mass is 16.2. The molecule has 2 saturated heterocycles. The van der Waals surface area contributed by atoms with Gasteiger partial charge in [-0.25, -0.2) is 0 Å². The Morgan fingerprint density at radius 2 is 1.46 bits per heavy atom. The second-order valence-corrected chi connectivity index (χ2v) is 7.88. The van der Waals surface area contributed by atoms with Gasteiger partial charge in [-0.2, -0.15) is 0 Å². The third kappa shape index (κ3) is 4.69. The van der Waals surface area contributed by atoms with Crippen molar-refractivity contribution in [2.45, 2.75) is 33.6 Å². The molecule has 0 aromatic rings. The first kappa shape index (κ1) is 18.7. The van der Waals surface area contributed by atoms with Gasteiger partial charge in [0.1, 0.15) is 0 Å². The molecule has 2 aliphatic heterocycles. The van der Waals surface area contributed by atoms with Gasteiger partial charge in [0.25, 0.3) is 0 Å². The second kappa shape index (κ2) is 7.51. The van der Waals surface area contributed by atoms with Crippen molar-refractivity contribution in [3.05, 3.63) is 0 Å². The van der Waals surface area contributed by atoms with E-state index in [1.165, 1.54) is 0 Å². The lowest BCUT2D eigenvalue weighted by Crippen LogP contribution is -2.54. The van der Waals surface area contributed by atoms with Crippen molar-refractivity contribution < 1.29 is 14.4 Å². The standard InChI is InChI=1S/C17H30N4O3/c1-17(2,3)16(24)21-10-8-19(9-11-21)12-14(22)20-6-4-13(5-7-20)15(18)23/h13H,4-12H2,1-3H3,(H2,18,23). The molecule has 3 amide bonds. The van der Waals surface area contributed by atoms with E-state index < -0.39 is 0 Å². The number of primary amides is 1. The van der Waals surface area contributed by atoms with Gasteiger partial charge in [0.2, 0.25) is 17.7 Å². The maximum absolute atomic E-state index is 12.4. The molecular weight excluding hydrogens is 308 g/mol. The molecule has 0 aromatic heterocycles. The van der Waals surface area contributed by atoms with Crippen molar-refractivity contribution in [1.29, 1.82) is 0 Å². The minimum Gasteiger partial charge on any atom is -0.369 e. The van der Waals surface area contributed by atoms with Crippen molar-refractivity contribution in [3.8, 4) is 0 Å². The largest absolute Gasteiger partial charge is 0.369 e. The maximum Gasteiger partial charge on any atom is 0.236 e. The molecule has 0 atom stereocenters. The van der Waals surface area contributed by atoms with E-state index in [0.29, 0.717) is 45.6 Å². The molecule has 0 spiro atoms. The number of piperazine rings is 1. The van der Waals surface area contributed by atoms with Crippen LogP contribution in [-0.4, -0.2) is 78.2 Å². The van der Waals surface area contributed by atoms with Crippen LogP contribution in [0.25, 0.3) is 0 Å².